The molecule has 0 spiro atoms. The SMILES string of the molecule is CCCCNC(=O)N(CC)C1CCCCC1. The fourth-order valence-electron chi connectivity index (χ4n) is 2.43. The van der Waals surface area contributed by atoms with Gasteiger partial charge in [-0.2, -0.15) is 0 Å². The summed E-state index contributed by atoms with van der Waals surface area (Å²) < 4.78 is 0. The minimum Gasteiger partial charge on any atom is -0.338 e. The Morgan fingerprint density at radius 1 is 1.25 bits per heavy atom. The Morgan fingerprint density at radius 3 is 2.50 bits per heavy atom. The highest BCUT2D eigenvalue weighted by atomic mass is 16.2. The van der Waals surface area contributed by atoms with Crippen molar-refractivity contribution in [1.82, 2.24) is 10.2 Å². The van der Waals surface area contributed by atoms with Gasteiger partial charge >= 0.3 is 6.03 Å². The van der Waals surface area contributed by atoms with E-state index >= 15 is 0 Å². The topological polar surface area (TPSA) is 32.3 Å². The number of nitrogens with one attached hydrogen (secondary N) is 1. The number of urea groups is 1. The average Bonchev–Trinajstić information content (AvgIpc) is 2.32. The molecule has 16 heavy (non-hydrogen) atoms. The monoisotopic (exact) mass is 226 g/mol. The summed E-state index contributed by atoms with van der Waals surface area (Å²) in [4.78, 5) is 14.0. The van der Waals surface area contributed by atoms with Crippen molar-refractivity contribution in [3.63, 3.8) is 0 Å². The van der Waals surface area contributed by atoms with E-state index in [0.29, 0.717) is 6.04 Å². The molecule has 0 aromatic rings. The van der Waals surface area contributed by atoms with Gasteiger partial charge in [0.2, 0.25) is 0 Å². The normalized spacial score (nSPS) is 17.1. The average molecular weight is 226 g/mol. The van der Waals surface area contributed by atoms with E-state index in [2.05, 4.69) is 19.2 Å². The van der Waals surface area contributed by atoms with Crippen LogP contribution in [0.1, 0.15) is 58.8 Å². The molecule has 1 saturated carbocycles. The van der Waals surface area contributed by atoms with Gasteiger partial charge in [-0.1, -0.05) is 32.6 Å². The Morgan fingerprint density at radius 2 is 1.94 bits per heavy atom. The van der Waals surface area contributed by atoms with E-state index in [1.807, 2.05) is 4.90 Å². The number of amides is 2. The Bertz CT molecular complexity index is 200. The highest BCUT2D eigenvalue weighted by Gasteiger charge is 2.23. The largest absolute Gasteiger partial charge is 0.338 e. The molecule has 0 bridgehead atoms. The zero-order valence-corrected chi connectivity index (χ0v) is 10.8. The fourth-order valence-corrected chi connectivity index (χ4v) is 2.43. The zero-order valence-electron chi connectivity index (χ0n) is 10.8. The summed E-state index contributed by atoms with van der Waals surface area (Å²) in [6, 6.07) is 0.628. The molecule has 1 rings (SSSR count). The number of nitrogens with zero attached hydrogens (tertiary/aromatic N) is 1. The first-order chi connectivity index (χ1) is 7.79. The predicted octanol–water partition coefficient (Wildman–Crippen LogP) is 3.15. The van der Waals surface area contributed by atoms with E-state index in [-0.39, 0.29) is 6.03 Å². The molecular weight excluding hydrogens is 200 g/mol. The maximum absolute atomic E-state index is 12.0. The molecule has 0 atom stereocenters. The predicted molar refractivity (Wildman–Crippen MR) is 67.6 cm³/mol. The molecule has 1 aliphatic carbocycles. The number of carbonyl (C=O) groups excluding carboxylic acids is 1. The van der Waals surface area contributed by atoms with Gasteiger partial charge in [0, 0.05) is 19.1 Å². The standard InChI is InChI=1S/C13H26N2O/c1-3-5-11-14-13(16)15(4-2)12-9-7-6-8-10-12/h12H,3-11H2,1-2H3,(H,14,16). The summed E-state index contributed by atoms with van der Waals surface area (Å²) in [5.74, 6) is 0. The van der Waals surface area contributed by atoms with E-state index < -0.39 is 0 Å². The quantitative estimate of drug-likeness (QED) is 0.718. The number of hydrogen-bond acceptors (Lipinski definition) is 1. The summed E-state index contributed by atoms with van der Waals surface area (Å²) in [5.41, 5.74) is 0. The second kappa shape index (κ2) is 7.53. The van der Waals surface area contributed by atoms with Crippen molar-refractivity contribution < 1.29 is 4.79 Å². The summed E-state index contributed by atoms with van der Waals surface area (Å²) in [6.07, 6.45) is 8.49. The first kappa shape index (κ1) is 13.3. The van der Waals surface area contributed by atoms with Crippen molar-refractivity contribution in [2.45, 2.75) is 64.8 Å². The van der Waals surface area contributed by atoms with Gasteiger partial charge in [-0.3, -0.25) is 0 Å². The van der Waals surface area contributed by atoms with Crippen LogP contribution < -0.4 is 5.32 Å². The fraction of sp³-hybridized carbons (Fsp3) is 0.923. The Labute approximate surface area is 99.6 Å². The molecule has 0 unspecified atom stereocenters. The van der Waals surface area contributed by atoms with Crippen LogP contribution in [0.25, 0.3) is 0 Å². The van der Waals surface area contributed by atoms with Gasteiger partial charge in [0.15, 0.2) is 0 Å². The first-order valence-electron chi connectivity index (χ1n) is 6.84. The van der Waals surface area contributed by atoms with Crippen LogP contribution >= 0.6 is 0 Å². The Kier molecular flexibility index (Phi) is 6.27. The maximum Gasteiger partial charge on any atom is 0.317 e. The second-order valence-electron chi connectivity index (χ2n) is 4.66. The summed E-state index contributed by atoms with van der Waals surface area (Å²) >= 11 is 0. The van der Waals surface area contributed by atoms with Crippen LogP contribution in [-0.2, 0) is 0 Å². The van der Waals surface area contributed by atoms with Gasteiger partial charge in [0.1, 0.15) is 0 Å². The van der Waals surface area contributed by atoms with Crippen molar-refractivity contribution in [3.05, 3.63) is 0 Å². The van der Waals surface area contributed by atoms with Gasteiger partial charge in [0.05, 0.1) is 0 Å². The maximum atomic E-state index is 12.0. The Hall–Kier alpha value is -0.730. The molecule has 0 heterocycles. The number of unbranched alkanes of at least 4 members (excludes halogenated alkanes) is 1. The van der Waals surface area contributed by atoms with E-state index in [1.165, 1.54) is 32.1 Å². The van der Waals surface area contributed by atoms with Crippen molar-refractivity contribution in [2.75, 3.05) is 13.1 Å². The lowest BCUT2D eigenvalue weighted by Gasteiger charge is -2.33. The van der Waals surface area contributed by atoms with Crippen molar-refractivity contribution in [3.8, 4) is 0 Å². The van der Waals surface area contributed by atoms with Crippen LogP contribution in [0.3, 0.4) is 0 Å². The molecule has 1 N–H and O–H groups in total. The third-order valence-corrected chi connectivity index (χ3v) is 3.42. The number of rotatable bonds is 5. The molecule has 0 aromatic heterocycles. The van der Waals surface area contributed by atoms with E-state index in [9.17, 15) is 4.79 Å². The lowest BCUT2D eigenvalue weighted by molar-refractivity contribution is 0.159. The van der Waals surface area contributed by atoms with Crippen LogP contribution in [0.4, 0.5) is 4.79 Å². The molecule has 94 valence electrons. The molecule has 2 amide bonds. The third-order valence-electron chi connectivity index (χ3n) is 3.42. The summed E-state index contributed by atoms with van der Waals surface area (Å²) in [5, 5.41) is 3.02. The van der Waals surface area contributed by atoms with Gasteiger partial charge in [0.25, 0.3) is 0 Å². The van der Waals surface area contributed by atoms with E-state index in [4.69, 9.17) is 0 Å². The molecule has 0 saturated heterocycles. The molecule has 3 heteroatoms. The van der Waals surface area contributed by atoms with E-state index in [1.54, 1.807) is 0 Å². The molecule has 1 aliphatic rings. The summed E-state index contributed by atoms with van der Waals surface area (Å²) in [6.45, 7) is 5.88. The number of hydrogen-bond donors (Lipinski definition) is 1. The lowest BCUT2D eigenvalue weighted by Crippen LogP contribution is -2.47. The van der Waals surface area contributed by atoms with Crippen LogP contribution in [0, 0.1) is 0 Å². The lowest BCUT2D eigenvalue weighted by atomic mass is 9.94. The molecule has 0 radical (unpaired) electrons. The minimum atomic E-state index is 0.142. The van der Waals surface area contributed by atoms with Crippen LogP contribution in [0.5, 0.6) is 0 Å². The van der Waals surface area contributed by atoms with Crippen LogP contribution in [0.15, 0.2) is 0 Å². The highest BCUT2D eigenvalue weighted by molar-refractivity contribution is 5.74. The van der Waals surface area contributed by atoms with Gasteiger partial charge < -0.3 is 10.2 Å². The van der Waals surface area contributed by atoms with Crippen molar-refractivity contribution in [2.24, 2.45) is 0 Å². The van der Waals surface area contributed by atoms with Crippen molar-refractivity contribution in [1.29, 1.82) is 0 Å². The molecule has 1 fully saturated rings. The van der Waals surface area contributed by atoms with Crippen LogP contribution in [0.2, 0.25) is 0 Å². The number of carbonyl (C=O) groups is 1. The van der Waals surface area contributed by atoms with Crippen LogP contribution in [-0.4, -0.2) is 30.1 Å². The summed E-state index contributed by atoms with van der Waals surface area (Å²) in [7, 11) is 0. The van der Waals surface area contributed by atoms with Crippen molar-refractivity contribution >= 4 is 6.03 Å². The third kappa shape index (κ3) is 4.03. The highest BCUT2D eigenvalue weighted by Crippen LogP contribution is 2.22. The first-order valence-corrected chi connectivity index (χ1v) is 6.84. The smallest absolute Gasteiger partial charge is 0.317 e. The molecule has 3 nitrogen and oxygen atoms in total. The molecule has 0 aromatic carbocycles. The van der Waals surface area contributed by atoms with Gasteiger partial charge in [-0.15, -0.1) is 0 Å². The van der Waals surface area contributed by atoms with Gasteiger partial charge in [-0.25, -0.2) is 4.79 Å². The zero-order chi connectivity index (χ0) is 11.8. The minimum absolute atomic E-state index is 0.142. The van der Waals surface area contributed by atoms with Gasteiger partial charge in [-0.05, 0) is 26.2 Å². The molecular formula is C13H26N2O. The molecule has 0 aliphatic heterocycles. The van der Waals surface area contributed by atoms with E-state index in [0.717, 1.165) is 25.9 Å². The second-order valence-corrected chi connectivity index (χ2v) is 4.66. The Balaban J connectivity index is 2.35.